The molecule has 7 heteroatoms. The number of sulfonamides is 1. The van der Waals surface area contributed by atoms with Gasteiger partial charge in [0.25, 0.3) is 15.2 Å². The molecule has 0 aliphatic carbocycles. The topological polar surface area (TPSA) is 89.2 Å². The fourth-order valence-electron chi connectivity index (χ4n) is 2.44. The molecule has 1 aliphatic rings. The minimum Gasteiger partial charge on any atom is -0.329 e. The highest BCUT2D eigenvalue weighted by Gasteiger charge is 2.34. The highest BCUT2D eigenvalue weighted by atomic mass is 32.2. The van der Waals surface area contributed by atoms with E-state index in [0.717, 1.165) is 19.3 Å². The lowest BCUT2D eigenvalue weighted by Crippen LogP contribution is -2.47. The Morgan fingerprint density at radius 3 is 2.53 bits per heavy atom. The van der Waals surface area contributed by atoms with Crippen LogP contribution in [0.3, 0.4) is 0 Å². The van der Waals surface area contributed by atoms with E-state index in [1.807, 2.05) is 0 Å². The Balaban J connectivity index is 2.40. The minimum absolute atomic E-state index is 0.106. The second kappa shape index (κ2) is 5.52. The van der Waals surface area contributed by atoms with Crippen molar-refractivity contribution in [1.29, 1.82) is 0 Å². The summed E-state index contributed by atoms with van der Waals surface area (Å²) in [6.45, 7) is 4.37. The van der Waals surface area contributed by atoms with E-state index in [1.54, 1.807) is 19.9 Å². The van der Waals surface area contributed by atoms with Gasteiger partial charge in [0.15, 0.2) is 0 Å². The van der Waals surface area contributed by atoms with Crippen molar-refractivity contribution in [3.8, 4) is 0 Å². The van der Waals surface area contributed by atoms with Crippen LogP contribution in [0.1, 0.15) is 30.7 Å². The van der Waals surface area contributed by atoms with E-state index in [4.69, 9.17) is 5.73 Å². The largest absolute Gasteiger partial charge is 0.329 e. The third kappa shape index (κ3) is 2.93. The minimum atomic E-state index is -3.64. The smallest absolute Gasteiger partial charge is 0.279 e. The van der Waals surface area contributed by atoms with Crippen molar-refractivity contribution in [2.75, 3.05) is 13.1 Å². The average molecular weight is 284 g/mol. The van der Waals surface area contributed by atoms with Crippen LogP contribution >= 0.6 is 0 Å². The van der Waals surface area contributed by atoms with Gasteiger partial charge in [0, 0.05) is 30.5 Å². The Morgan fingerprint density at radius 1 is 1.32 bits per heavy atom. The summed E-state index contributed by atoms with van der Waals surface area (Å²) in [6, 6.07) is 1.62. The standard InChI is InChI=1S/C12H20N4O2S/c1-9-7-10(2)15-12(14-9)19(17,18)16-6-4-3-5-11(16)8-13/h7,11H,3-6,8,13H2,1-2H3/t11-/m0/s1. The van der Waals surface area contributed by atoms with E-state index >= 15 is 0 Å². The first-order valence-electron chi connectivity index (χ1n) is 6.49. The summed E-state index contributed by atoms with van der Waals surface area (Å²) in [6.07, 6.45) is 2.68. The molecule has 2 N–H and O–H groups in total. The molecule has 1 aromatic heterocycles. The predicted octanol–water partition coefficient (Wildman–Crippen LogP) is 0.595. The van der Waals surface area contributed by atoms with Crippen molar-refractivity contribution in [2.24, 2.45) is 5.73 Å². The molecule has 0 unspecified atom stereocenters. The van der Waals surface area contributed by atoms with E-state index in [-0.39, 0.29) is 11.2 Å². The molecule has 2 heterocycles. The summed E-state index contributed by atoms with van der Waals surface area (Å²) < 4.78 is 26.7. The van der Waals surface area contributed by atoms with Gasteiger partial charge in [-0.2, -0.15) is 4.31 Å². The molecule has 1 fully saturated rings. The molecular weight excluding hydrogens is 264 g/mol. The Bertz CT molecular complexity index is 539. The molecule has 106 valence electrons. The fourth-order valence-corrected chi connectivity index (χ4v) is 4.12. The molecule has 1 atom stereocenters. The molecule has 0 aromatic carbocycles. The van der Waals surface area contributed by atoms with Crippen LogP contribution in [0.5, 0.6) is 0 Å². The summed E-state index contributed by atoms with van der Waals surface area (Å²) in [5, 5.41) is -0.106. The van der Waals surface area contributed by atoms with Crippen LogP contribution in [-0.2, 0) is 10.0 Å². The van der Waals surface area contributed by atoms with Crippen molar-refractivity contribution in [1.82, 2.24) is 14.3 Å². The summed E-state index contributed by atoms with van der Waals surface area (Å²) in [4.78, 5) is 8.14. The van der Waals surface area contributed by atoms with Gasteiger partial charge in [0.2, 0.25) is 0 Å². The van der Waals surface area contributed by atoms with Gasteiger partial charge in [-0.1, -0.05) is 6.42 Å². The Kier molecular flexibility index (Phi) is 4.17. The number of aryl methyl sites for hydroxylation is 2. The van der Waals surface area contributed by atoms with Crippen LogP contribution < -0.4 is 5.73 Å². The van der Waals surface area contributed by atoms with E-state index in [0.29, 0.717) is 24.5 Å². The highest BCUT2D eigenvalue weighted by Crippen LogP contribution is 2.23. The van der Waals surface area contributed by atoms with E-state index in [2.05, 4.69) is 9.97 Å². The number of aromatic nitrogens is 2. The van der Waals surface area contributed by atoms with Gasteiger partial charge in [0.05, 0.1) is 0 Å². The average Bonchev–Trinajstić information content (AvgIpc) is 2.37. The van der Waals surface area contributed by atoms with Crippen LogP contribution in [0.15, 0.2) is 11.2 Å². The number of nitrogens with two attached hydrogens (primary N) is 1. The van der Waals surface area contributed by atoms with Crippen LogP contribution in [0, 0.1) is 13.8 Å². The molecule has 19 heavy (non-hydrogen) atoms. The zero-order chi connectivity index (χ0) is 14.0. The molecule has 1 saturated heterocycles. The predicted molar refractivity (Wildman–Crippen MR) is 72.1 cm³/mol. The number of rotatable bonds is 3. The summed E-state index contributed by atoms with van der Waals surface area (Å²) >= 11 is 0. The Labute approximate surface area is 114 Å². The highest BCUT2D eigenvalue weighted by molar-refractivity contribution is 7.89. The lowest BCUT2D eigenvalue weighted by molar-refractivity contribution is 0.256. The molecule has 6 nitrogen and oxygen atoms in total. The fraction of sp³-hybridized carbons (Fsp3) is 0.667. The van der Waals surface area contributed by atoms with Crippen LogP contribution in [0.4, 0.5) is 0 Å². The molecular formula is C12H20N4O2S. The molecule has 1 aromatic rings. The van der Waals surface area contributed by atoms with Crippen molar-refractivity contribution in [3.63, 3.8) is 0 Å². The maximum absolute atomic E-state index is 12.6. The number of nitrogens with zero attached hydrogens (tertiary/aromatic N) is 3. The number of hydrogen-bond acceptors (Lipinski definition) is 5. The maximum atomic E-state index is 12.6. The number of piperidine rings is 1. The third-order valence-electron chi connectivity index (χ3n) is 3.35. The lowest BCUT2D eigenvalue weighted by atomic mass is 10.1. The van der Waals surface area contributed by atoms with E-state index in [9.17, 15) is 8.42 Å². The van der Waals surface area contributed by atoms with Crippen molar-refractivity contribution < 1.29 is 8.42 Å². The molecule has 2 rings (SSSR count). The first-order valence-corrected chi connectivity index (χ1v) is 7.93. The second-order valence-electron chi connectivity index (χ2n) is 4.93. The molecule has 1 aliphatic heterocycles. The first kappa shape index (κ1) is 14.4. The second-order valence-corrected chi connectivity index (χ2v) is 6.72. The van der Waals surface area contributed by atoms with Crippen LogP contribution in [0.25, 0.3) is 0 Å². The van der Waals surface area contributed by atoms with Crippen molar-refractivity contribution >= 4 is 10.0 Å². The molecule has 0 amide bonds. The van der Waals surface area contributed by atoms with Gasteiger partial charge in [0.1, 0.15) is 0 Å². The zero-order valence-electron chi connectivity index (χ0n) is 11.3. The van der Waals surface area contributed by atoms with Crippen LogP contribution in [-0.4, -0.2) is 41.8 Å². The summed E-state index contributed by atoms with van der Waals surface area (Å²) in [5.74, 6) is 0. The van der Waals surface area contributed by atoms with Crippen molar-refractivity contribution in [2.45, 2.75) is 44.3 Å². The number of hydrogen-bond donors (Lipinski definition) is 1. The summed E-state index contributed by atoms with van der Waals surface area (Å²) in [5.41, 5.74) is 7.00. The summed E-state index contributed by atoms with van der Waals surface area (Å²) in [7, 11) is -3.64. The third-order valence-corrected chi connectivity index (χ3v) is 5.09. The van der Waals surface area contributed by atoms with Crippen LogP contribution in [0.2, 0.25) is 0 Å². The molecule has 0 radical (unpaired) electrons. The van der Waals surface area contributed by atoms with Gasteiger partial charge in [-0.3, -0.25) is 0 Å². The molecule has 0 bridgehead atoms. The molecule has 0 spiro atoms. The van der Waals surface area contributed by atoms with Gasteiger partial charge >= 0.3 is 0 Å². The maximum Gasteiger partial charge on any atom is 0.279 e. The van der Waals surface area contributed by atoms with Gasteiger partial charge in [-0.15, -0.1) is 0 Å². The lowest BCUT2D eigenvalue weighted by Gasteiger charge is -2.33. The van der Waals surface area contributed by atoms with Crippen molar-refractivity contribution in [3.05, 3.63) is 17.5 Å². The Morgan fingerprint density at radius 2 is 1.95 bits per heavy atom. The SMILES string of the molecule is Cc1cc(C)nc(S(=O)(=O)N2CCCC[C@H]2CN)n1. The van der Waals surface area contributed by atoms with E-state index in [1.165, 1.54) is 4.31 Å². The van der Waals surface area contributed by atoms with Gasteiger partial charge < -0.3 is 5.73 Å². The van der Waals surface area contributed by atoms with E-state index < -0.39 is 10.0 Å². The molecule has 0 saturated carbocycles. The van der Waals surface area contributed by atoms with Gasteiger partial charge in [-0.05, 0) is 32.8 Å². The zero-order valence-corrected chi connectivity index (χ0v) is 12.2. The Hall–Kier alpha value is -1.05. The monoisotopic (exact) mass is 284 g/mol. The normalized spacial score (nSPS) is 21.5. The first-order chi connectivity index (χ1) is 8.95. The van der Waals surface area contributed by atoms with Gasteiger partial charge in [-0.25, -0.2) is 18.4 Å². The quantitative estimate of drug-likeness (QED) is 0.821.